The first-order valence-corrected chi connectivity index (χ1v) is 11.0. The minimum absolute atomic E-state index is 0.135. The first-order chi connectivity index (χ1) is 14.9. The van der Waals surface area contributed by atoms with Crippen LogP contribution in [0.15, 0.2) is 57.7 Å². The molecule has 2 aromatic carbocycles. The summed E-state index contributed by atoms with van der Waals surface area (Å²) in [5.41, 5.74) is 2.88. The van der Waals surface area contributed by atoms with Gasteiger partial charge in [-0.3, -0.25) is 9.59 Å². The van der Waals surface area contributed by atoms with Crippen LogP contribution in [0.2, 0.25) is 0 Å². The SMILES string of the molecule is CC(C)OCCCN1C(=O)c2oc3ccccc3c(=O)c2[C@H]1c1ccc(C(C)C)cc1. The largest absolute Gasteiger partial charge is 0.450 e. The van der Waals surface area contributed by atoms with E-state index >= 15 is 0 Å². The fourth-order valence-electron chi connectivity index (χ4n) is 4.16. The van der Waals surface area contributed by atoms with Crippen molar-refractivity contribution >= 4 is 16.9 Å². The van der Waals surface area contributed by atoms with E-state index < -0.39 is 6.04 Å². The molecule has 162 valence electrons. The van der Waals surface area contributed by atoms with Crippen LogP contribution in [0.3, 0.4) is 0 Å². The molecule has 0 bridgehead atoms. The van der Waals surface area contributed by atoms with Crippen LogP contribution in [0.25, 0.3) is 11.0 Å². The van der Waals surface area contributed by atoms with Crippen molar-refractivity contribution in [2.45, 2.75) is 52.2 Å². The molecule has 0 fully saturated rings. The van der Waals surface area contributed by atoms with Crippen molar-refractivity contribution < 1.29 is 13.9 Å². The molecule has 3 aromatic rings. The van der Waals surface area contributed by atoms with Gasteiger partial charge in [-0.2, -0.15) is 0 Å². The Morgan fingerprint density at radius 3 is 2.39 bits per heavy atom. The highest BCUT2D eigenvalue weighted by Crippen LogP contribution is 2.38. The zero-order chi connectivity index (χ0) is 22.1. The smallest absolute Gasteiger partial charge is 0.290 e. The van der Waals surface area contributed by atoms with Crippen LogP contribution in [-0.2, 0) is 4.74 Å². The van der Waals surface area contributed by atoms with Gasteiger partial charge in [-0.15, -0.1) is 0 Å². The van der Waals surface area contributed by atoms with E-state index in [2.05, 4.69) is 26.0 Å². The Balaban J connectivity index is 1.78. The Hall–Kier alpha value is -2.92. The van der Waals surface area contributed by atoms with Crippen LogP contribution in [-0.4, -0.2) is 30.1 Å². The van der Waals surface area contributed by atoms with Crippen molar-refractivity contribution in [1.82, 2.24) is 4.90 Å². The number of fused-ring (bicyclic) bond motifs is 2. The summed E-state index contributed by atoms with van der Waals surface area (Å²) in [5.74, 6) is 0.330. The first-order valence-electron chi connectivity index (χ1n) is 11.0. The predicted octanol–water partition coefficient (Wildman–Crippen LogP) is 5.28. The van der Waals surface area contributed by atoms with E-state index in [1.165, 1.54) is 5.56 Å². The number of nitrogens with zero attached hydrogens (tertiary/aromatic N) is 1. The summed E-state index contributed by atoms with van der Waals surface area (Å²) in [4.78, 5) is 28.5. The van der Waals surface area contributed by atoms with Crippen LogP contribution in [0, 0.1) is 0 Å². The van der Waals surface area contributed by atoms with Crippen molar-refractivity contribution in [1.29, 1.82) is 0 Å². The van der Waals surface area contributed by atoms with Gasteiger partial charge in [-0.05, 0) is 49.4 Å². The zero-order valence-electron chi connectivity index (χ0n) is 18.6. The minimum atomic E-state index is -0.455. The molecule has 1 aromatic heterocycles. The van der Waals surface area contributed by atoms with Crippen LogP contribution in [0.4, 0.5) is 0 Å². The highest BCUT2D eigenvalue weighted by atomic mass is 16.5. The van der Waals surface area contributed by atoms with E-state index in [-0.39, 0.29) is 23.2 Å². The summed E-state index contributed by atoms with van der Waals surface area (Å²) in [6.45, 7) is 9.31. The number of benzene rings is 2. The van der Waals surface area contributed by atoms with Crippen LogP contribution in [0.1, 0.15) is 73.3 Å². The number of hydrogen-bond donors (Lipinski definition) is 0. The fourth-order valence-corrected chi connectivity index (χ4v) is 4.16. The maximum Gasteiger partial charge on any atom is 0.290 e. The summed E-state index contributed by atoms with van der Waals surface area (Å²) in [6.07, 6.45) is 0.825. The lowest BCUT2D eigenvalue weighted by Gasteiger charge is -2.25. The quantitative estimate of drug-likeness (QED) is 0.489. The molecular formula is C26H29NO4. The molecule has 1 aliphatic rings. The van der Waals surface area contributed by atoms with Gasteiger partial charge in [0.25, 0.3) is 5.91 Å². The first kappa shape index (κ1) is 21.3. The Morgan fingerprint density at radius 2 is 1.71 bits per heavy atom. The summed E-state index contributed by atoms with van der Waals surface area (Å²) in [5, 5.41) is 0.503. The Kier molecular flexibility index (Phi) is 5.96. The summed E-state index contributed by atoms with van der Waals surface area (Å²) in [6, 6.07) is 14.8. The number of ether oxygens (including phenoxy) is 1. The van der Waals surface area contributed by atoms with E-state index in [4.69, 9.17) is 9.15 Å². The standard InChI is InChI=1S/C26H29NO4/c1-16(2)18-10-12-19(13-11-18)23-22-24(28)20-8-5-6-9-21(20)31-25(22)26(29)27(23)14-7-15-30-17(3)4/h5-6,8-13,16-17,23H,7,14-15H2,1-4H3/t23-/m1/s1. The molecule has 0 saturated heterocycles. The van der Waals surface area contributed by atoms with Gasteiger partial charge in [-0.25, -0.2) is 0 Å². The molecule has 4 rings (SSSR count). The molecular weight excluding hydrogens is 390 g/mol. The highest BCUT2D eigenvalue weighted by Gasteiger charge is 2.42. The number of amides is 1. The number of para-hydroxylation sites is 1. The lowest BCUT2D eigenvalue weighted by atomic mass is 9.95. The van der Waals surface area contributed by atoms with Crippen LogP contribution < -0.4 is 5.43 Å². The molecule has 1 atom stereocenters. The number of hydrogen-bond acceptors (Lipinski definition) is 4. The Bertz CT molecular complexity index is 1140. The summed E-state index contributed by atoms with van der Waals surface area (Å²) >= 11 is 0. The maximum absolute atomic E-state index is 13.4. The van der Waals surface area contributed by atoms with Crippen LogP contribution >= 0.6 is 0 Å². The fraction of sp³-hybridized carbons (Fsp3) is 0.385. The van der Waals surface area contributed by atoms with E-state index in [0.29, 0.717) is 42.0 Å². The topological polar surface area (TPSA) is 59.8 Å². The van der Waals surface area contributed by atoms with Crippen molar-refractivity contribution in [3.8, 4) is 0 Å². The molecule has 0 unspecified atom stereocenters. The third-order valence-electron chi connectivity index (χ3n) is 5.79. The minimum Gasteiger partial charge on any atom is -0.450 e. The molecule has 0 radical (unpaired) electrons. The predicted molar refractivity (Wildman–Crippen MR) is 122 cm³/mol. The monoisotopic (exact) mass is 419 g/mol. The van der Waals surface area contributed by atoms with Gasteiger partial charge in [-0.1, -0.05) is 50.2 Å². The third-order valence-corrected chi connectivity index (χ3v) is 5.79. The van der Waals surface area contributed by atoms with Crippen LogP contribution in [0.5, 0.6) is 0 Å². The molecule has 5 nitrogen and oxygen atoms in total. The lowest BCUT2D eigenvalue weighted by Crippen LogP contribution is -2.31. The van der Waals surface area contributed by atoms with Crippen molar-refractivity contribution in [3.05, 3.63) is 81.2 Å². The molecule has 0 aliphatic carbocycles. The lowest BCUT2D eigenvalue weighted by molar-refractivity contribution is 0.0593. The highest BCUT2D eigenvalue weighted by molar-refractivity contribution is 5.99. The number of carbonyl (C=O) groups is 1. The van der Waals surface area contributed by atoms with Crippen molar-refractivity contribution in [2.75, 3.05) is 13.2 Å². The van der Waals surface area contributed by atoms with Crippen molar-refractivity contribution in [2.24, 2.45) is 0 Å². The number of carbonyl (C=O) groups excluding carboxylic acids is 1. The van der Waals surface area contributed by atoms with E-state index in [9.17, 15) is 9.59 Å². The second kappa shape index (κ2) is 8.67. The Labute approximate surface area is 182 Å². The molecule has 1 amide bonds. The van der Waals surface area contributed by atoms with E-state index in [0.717, 1.165) is 5.56 Å². The van der Waals surface area contributed by atoms with Gasteiger partial charge < -0.3 is 14.1 Å². The molecule has 2 heterocycles. The van der Waals surface area contributed by atoms with Crippen molar-refractivity contribution in [3.63, 3.8) is 0 Å². The normalized spacial score (nSPS) is 16.0. The third kappa shape index (κ3) is 4.02. The average Bonchev–Trinajstić information content (AvgIpc) is 3.03. The van der Waals surface area contributed by atoms with E-state index in [1.54, 1.807) is 23.1 Å². The molecule has 1 aliphatic heterocycles. The van der Waals surface area contributed by atoms with Gasteiger partial charge >= 0.3 is 0 Å². The summed E-state index contributed by atoms with van der Waals surface area (Å²) < 4.78 is 11.6. The Morgan fingerprint density at radius 1 is 1.00 bits per heavy atom. The number of rotatable bonds is 7. The molecule has 0 spiro atoms. The van der Waals surface area contributed by atoms with Gasteiger partial charge in [0.1, 0.15) is 5.58 Å². The summed E-state index contributed by atoms with van der Waals surface area (Å²) in [7, 11) is 0. The molecule has 0 saturated carbocycles. The molecule has 31 heavy (non-hydrogen) atoms. The zero-order valence-corrected chi connectivity index (χ0v) is 18.6. The van der Waals surface area contributed by atoms with Gasteiger partial charge in [0.15, 0.2) is 5.43 Å². The average molecular weight is 420 g/mol. The second-order valence-corrected chi connectivity index (χ2v) is 8.67. The van der Waals surface area contributed by atoms with Gasteiger partial charge in [0.2, 0.25) is 5.76 Å². The van der Waals surface area contributed by atoms with E-state index in [1.807, 2.05) is 32.0 Å². The maximum atomic E-state index is 13.4. The molecule has 0 N–H and O–H groups in total. The second-order valence-electron chi connectivity index (χ2n) is 8.67. The molecule has 5 heteroatoms. The van der Waals surface area contributed by atoms with Gasteiger partial charge in [0.05, 0.1) is 23.1 Å². The van der Waals surface area contributed by atoms with Gasteiger partial charge in [0, 0.05) is 13.2 Å².